The predicted octanol–water partition coefficient (Wildman–Crippen LogP) is 4.21. The monoisotopic (exact) mass is 337 g/mol. The number of amides is 1. The van der Waals surface area contributed by atoms with E-state index in [4.69, 9.17) is 21.1 Å². The molecule has 3 rings (SSSR count). The molecule has 0 aromatic heterocycles. The average Bonchev–Trinajstić information content (AvgIpc) is 3.27. The van der Waals surface area contributed by atoms with Crippen LogP contribution in [-0.4, -0.2) is 36.3 Å². The Bertz CT molecular complexity index is 592. The lowest BCUT2D eigenvalue weighted by molar-refractivity contribution is 0.0105. The second-order valence-electron chi connectivity index (χ2n) is 7.45. The molecule has 2 saturated heterocycles. The van der Waals surface area contributed by atoms with Crippen molar-refractivity contribution in [3.8, 4) is 0 Å². The van der Waals surface area contributed by atoms with Gasteiger partial charge in [0, 0.05) is 24.0 Å². The third kappa shape index (κ3) is 3.64. The molecule has 2 aliphatic rings. The number of benzene rings is 1. The summed E-state index contributed by atoms with van der Waals surface area (Å²) >= 11 is 6.13. The summed E-state index contributed by atoms with van der Waals surface area (Å²) in [6, 6.07) is 7.86. The number of rotatable bonds is 2. The summed E-state index contributed by atoms with van der Waals surface area (Å²) in [5.41, 5.74) is 0.358. The van der Waals surface area contributed by atoms with Gasteiger partial charge in [-0.1, -0.05) is 23.7 Å². The number of piperidine rings is 1. The number of nitrogens with zero attached hydrogens (tertiary/aromatic N) is 1. The van der Waals surface area contributed by atoms with Crippen LogP contribution < -0.4 is 0 Å². The van der Waals surface area contributed by atoms with Crippen LogP contribution in [0.15, 0.2) is 24.3 Å². The van der Waals surface area contributed by atoms with E-state index in [0.29, 0.717) is 13.2 Å². The molecule has 0 bridgehead atoms. The van der Waals surface area contributed by atoms with Crippen molar-refractivity contribution in [1.82, 2.24) is 4.90 Å². The maximum atomic E-state index is 12.3. The molecule has 4 nitrogen and oxygen atoms in total. The lowest BCUT2D eigenvalue weighted by atomic mass is 9.81. The van der Waals surface area contributed by atoms with Crippen LogP contribution >= 0.6 is 11.6 Å². The highest BCUT2D eigenvalue weighted by molar-refractivity contribution is 6.30. The fourth-order valence-electron chi connectivity index (χ4n) is 3.32. The Labute approximate surface area is 142 Å². The Balaban J connectivity index is 1.73. The van der Waals surface area contributed by atoms with Crippen LogP contribution in [0.2, 0.25) is 5.02 Å². The second-order valence-corrected chi connectivity index (χ2v) is 7.89. The first-order valence-electron chi connectivity index (χ1n) is 8.18. The number of halogens is 1. The maximum Gasteiger partial charge on any atom is 0.410 e. The first-order chi connectivity index (χ1) is 10.8. The van der Waals surface area contributed by atoms with Crippen molar-refractivity contribution in [3.05, 3.63) is 34.9 Å². The van der Waals surface area contributed by atoms with Gasteiger partial charge in [0.25, 0.3) is 0 Å². The first-order valence-corrected chi connectivity index (χ1v) is 8.56. The molecule has 2 heterocycles. The van der Waals surface area contributed by atoms with Crippen molar-refractivity contribution in [2.75, 3.05) is 19.7 Å². The molecule has 0 radical (unpaired) electrons. The molecule has 5 heteroatoms. The summed E-state index contributed by atoms with van der Waals surface area (Å²) in [7, 11) is 0. The zero-order chi connectivity index (χ0) is 16.7. The molecule has 1 amide bonds. The number of ether oxygens (including phenoxy) is 2. The SMILES string of the molecule is CC(C)(C)OC(=O)N1CCC[C@@H]([C@@]2(c3cccc(Cl)c3)CO2)C1. The largest absolute Gasteiger partial charge is 0.444 e. The quantitative estimate of drug-likeness (QED) is 0.759. The van der Waals surface area contributed by atoms with Crippen LogP contribution in [0.5, 0.6) is 0 Å². The van der Waals surface area contributed by atoms with Crippen LogP contribution in [0, 0.1) is 5.92 Å². The van der Waals surface area contributed by atoms with Gasteiger partial charge in [-0.2, -0.15) is 0 Å². The van der Waals surface area contributed by atoms with Crippen LogP contribution in [0.25, 0.3) is 0 Å². The standard InChI is InChI=1S/C18H24ClNO3/c1-17(2,3)23-16(21)20-9-5-7-14(11-20)18(12-22-18)13-6-4-8-15(19)10-13/h4,6,8,10,14H,5,7,9,11-12H2,1-3H3/t14-,18+/m1/s1. The Hall–Kier alpha value is -1.26. The van der Waals surface area contributed by atoms with Crippen molar-refractivity contribution in [1.29, 1.82) is 0 Å². The molecule has 0 spiro atoms. The second kappa shape index (κ2) is 5.99. The molecule has 23 heavy (non-hydrogen) atoms. The molecule has 0 saturated carbocycles. The summed E-state index contributed by atoms with van der Waals surface area (Å²) in [6.07, 6.45) is 1.78. The smallest absolute Gasteiger partial charge is 0.410 e. The molecule has 1 aromatic carbocycles. The van der Waals surface area contributed by atoms with Crippen molar-refractivity contribution in [2.24, 2.45) is 5.92 Å². The molecule has 0 unspecified atom stereocenters. The fourth-order valence-corrected chi connectivity index (χ4v) is 3.51. The predicted molar refractivity (Wildman–Crippen MR) is 89.6 cm³/mol. The van der Waals surface area contributed by atoms with Gasteiger partial charge in [0.15, 0.2) is 0 Å². The van der Waals surface area contributed by atoms with Crippen molar-refractivity contribution in [2.45, 2.75) is 44.8 Å². The van der Waals surface area contributed by atoms with E-state index in [1.54, 1.807) is 0 Å². The minimum Gasteiger partial charge on any atom is -0.444 e. The van der Waals surface area contributed by atoms with Gasteiger partial charge >= 0.3 is 6.09 Å². The van der Waals surface area contributed by atoms with Gasteiger partial charge < -0.3 is 14.4 Å². The lowest BCUT2D eigenvalue weighted by Crippen LogP contribution is -2.46. The molecular weight excluding hydrogens is 314 g/mol. The van der Waals surface area contributed by atoms with Gasteiger partial charge in [-0.05, 0) is 51.3 Å². The highest BCUT2D eigenvalue weighted by Gasteiger charge is 2.54. The number of hydrogen-bond donors (Lipinski definition) is 0. The highest BCUT2D eigenvalue weighted by atomic mass is 35.5. The summed E-state index contributed by atoms with van der Waals surface area (Å²) in [6.45, 7) is 7.79. The molecule has 2 aliphatic heterocycles. The molecule has 126 valence electrons. The van der Waals surface area contributed by atoms with Crippen LogP contribution in [-0.2, 0) is 15.1 Å². The van der Waals surface area contributed by atoms with Crippen LogP contribution in [0.4, 0.5) is 4.79 Å². The Morgan fingerprint density at radius 2 is 2.17 bits per heavy atom. The third-order valence-electron chi connectivity index (χ3n) is 4.50. The maximum absolute atomic E-state index is 12.3. The minimum atomic E-state index is -0.468. The minimum absolute atomic E-state index is 0.232. The molecule has 0 N–H and O–H groups in total. The van der Waals surface area contributed by atoms with E-state index >= 15 is 0 Å². The molecule has 2 atom stereocenters. The normalized spacial score (nSPS) is 27.7. The van der Waals surface area contributed by atoms with Gasteiger partial charge in [0.1, 0.15) is 11.2 Å². The lowest BCUT2D eigenvalue weighted by Gasteiger charge is -2.36. The number of carbonyl (C=O) groups is 1. The Morgan fingerprint density at radius 1 is 1.43 bits per heavy atom. The molecule has 2 fully saturated rings. The summed E-state index contributed by atoms with van der Waals surface area (Å²) < 4.78 is 11.4. The molecule has 1 aromatic rings. The summed E-state index contributed by atoms with van der Waals surface area (Å²) in [4.78, 5) is 14.2. The van der Waals surface area contributed by atoms with Crippen LogP contribution in [0.3, 0.4) is 0 Å². The zero-order valence-electron chi connectivity index (χ0n) is 14.0. The topological polar surface area (TPSA) is 42.1 Å². The number of carbonyl (C=O) groups excluding carboxylic acids is 1. The average molecular weight is 338 g/mol. The van der Waals surface area contributed by atoms with E-state index in [1.165, 1.54) is 0 Å². The number of epoxide rings is 1. The summed E-state index contributed by atoms with van der Waals surface area (Å²) in [5.74, 6) is 0.280. The van der Waals surface area contributed by atoms with Crippen molar-refractivity contribution < 1.29 is 14.3 Å². The fraction of sp³-hybridized carbons (Fsp3) is 0.611. The van der Waals surface area contributed by atoms with Gasteiger partial charge in [-0.15, -0.1) is 0 Å². The summed E-state index contributed by atoms with van der Waals surface area (Å²) in [5, 5.41) is 0.720. The van der Waals surface area contributed by atoms with E-state index in [9.17, 15) is 4.79 Å². The Morgan fingerprint density at radius 3 is 2.78 bits per heavy atom. The molecular formula is C18H24ClNO3. The van der Waals surface area contributed by atoms with Crippen molar-refractivity contribution in [3.63, 3.8) is 0 Å². The van der Waals surface area contributed by atoms with E-state index in [1.807, 2.05) is 43.9 Å². The van der Waals surface area contributed by atoms with Gasteiger partial charge in [0.05, 0.1) is 6.61 Å². The van der Waals surface area contributed by atoms with E-state index < -0.39 is 5.60 Å². The third-order valence-corrected chi connectivity index (χ3v) is 4.74. The number of hydrogen-bond acceptors (Lipinski definition) is 3. The number of likely N-dealkylation sites (tertiary alicyclic amines) is 1. The highest BCUT2D eigenvalue weighted by Crippen LogP contribution is 2.49. The van der Waals surface area contributed by atoms with E-state index in [-0.39, 0.29) is 17.6 Å². The van der Waals surface area contributed by atoms with Gasteiger partial charge in [0.2, 0.25) is 0 Å². The van der Waals surface area contributed by atoms with Gasteiger partial charge in [-0.25, -0.2) is 4.79 Å². The first kappa shape index (κ1) is 16.6. The van der Waals surface area contributed by atoms with E-state index in [2.05, 4.69) is 6.07 Å². The Kier molecular flexibility index (Phi) is 4.32. The van der Waals surface area contributed by atoms with Crippen molar-refractivity contribution >= 4 is 17.7 Å². The van der Waals surface area contributed by atoms with E-state index in [0.717, 1.165) is 30.0 Å². The van der Waals surface area contributed by atoms with Crippen LogP contribution in [0.1, 0.15) is 39.2 Å². The zero-order valence-corrected chi connectivity index (χ0v) is 14.7. The molecule has 0 aliphatic carbocycles. The van der Waals surface area contributed by atoms with Gasteiger partial charge in [-0.3, -0.25) is 0 Å².